The quantitative estimate of drug-likeness (QED) is 0.890. The van der Waals surface area contributed by atoms with Crippen LogP contribution < -0.4 is 5.73 Å². The normalized spacial score (nSPS) is 24.5. The molecular formula is C17H27N3. The average Bonchev–Trinajstić information content (AvgIpc) is 3.33. The van der Waals surface area contributed by atoms with Crippen LogP contribution in [0, 0.1) is 5.92 Å². The molecule has 1 aromatic rings. The number of piperazine rings is 1. The zero-order valence-electron chi connectivity index (χ0n) is 12.6. The lowest BCUT2D eigenvalue weighted by molar-refractivity contribution is 0.0309. The van der Waals surface area contributed by atoms with E-state index in [-0.39, 0.29) is 5.54 Å². The van der Waals surface area contributed by atoms with E-state index < -0.39 is 0 Å². The monoisotopic (exact) mass is 273 g/mol. The van der Waals surface area contributed by atoms with Gasteiger partial charge in [0.1, 0.15) is 0 Å². The molecule has 110 valence electrons. The Labute approximate surface area is 122 Å². The summed E-state index contributed by atoms with van der Waals surface area (Å²) in [5, 5.41) is 0. The van der Waals surface area contributed by atoms with Gasteiger partial charge in [0.25, 0.3) is 0 Å². The first kappa shape index (κ1) is 14.1. The van der Waals surface area contributed by atoms with Gasteiger partial charge in [-0.05, 0) is 31.2 Å². The number of hydrogen-bond donors (Lipinski definition) is 1. The van der Waals surface area contributed by atoms with Gasteiger partial charge in [-0.25, -0.2) is 0 Å². The molecule has 1 aliphatic carbocycles. The van der Waals surface area contributed by atoms with Crippen molar-refractivity contribution in [1.82, 2.24) is 9.80 Å². The lowest BCUT2D eigenvalue weighted by Gasteiger charge is -2.46. The van der Waals surface area contributed by atoms with Gasteiger partial charge in [0, 0.05) is 44.8 Å². The molecule has 1 saturated heterocycles. The fraction of sp³-hybridized carbons (Fsp3) is 0.647. The molecule has 0 radical (unpaired) electrons. The van der Waals surface area contributed by atoms with E-state index in [1.165, 1.54) is 18.4 Å². The molecule has 1 atom stereocenters. The Hall–Kier alpha value is -0.900. The summed E-state index contributed by atoms with van der Waals surface area (Å²) in [7, 11) is 0. The Morgan fingerprint density at radius 2 is 1.75 bits per heavy atom. The van der Waals surface area contributed by atoms with Crippen molar-refractivity contribution >= 4 is 0 Å². The van der Waals surface area contributed by atoms with Crippen molar-refractivity contribution in [3.05, 3.63) is 35.9 Å². The maximum Gasteiger partial charge on any atom is 0.0332 e. The average molecular weight is 273 g/mol. The van der Waals surface area contributed by atoms with Crippen LogP contribution in [-0.4, -0.2) is 48.1 Å². The predicted molar refractivity (Wildman–Crippen MR) is 83.5 cm³/mol. The predicted octanol–water partition coefficient (Wildman–Crippen LogP) is 1.93. The minimum absolute atomic E-state index is 0.249. The molecule has 0 bridgehead atoms. The van der Waals surface area contributed by atoms with Gasteiger partial charge in [-0.3, -0.25) is 9.80 Å². The third-order valence-corrected chi connectivity index (χ3v) is 5.21. The van der Waals surface area contributed by atoms with Crippen molar-refractivity contribution in [2.24, 2.45) is 11.7 Å². The highest BCUT2D eigenvalue weighted by atomic mass is 15.3. The largest absolute Gasteiger partial charge is 0.329 e. The molecule has 0 amide bonds. The van der Waals surface area contributed by atoms with Crippen LogP contribution >= 0.6 is 0 Å². The van der Waals surface area contributed by atoms with Gasteiger partial charge in [0.15, 0.2) is 0 Å². The first-order chi connectivity index (χ1) is 9.72. The Kier molecular flexibility index (Phi) is 4.11. The number of nitrogens with two attached hydrogens (primary N) is 1. The first-order valence-electron chi connectivity index (χ1n) is 7.94. The van der Waals surface area contributed by atoms with Gasteiger partial charge >= 0.3 is 0 Å². The molecule has 20 heavy (non-hydrogen) atoms. The molecule has 1 saturated carbocycles. The molecule has 3 rings (SSSR count). The lowest BCUT2D eigenvalue weighted by Crippen LogP contribution is -2.59. The van der Waals surface area contributed by atoms with Crippen LogP contribution in [0.1, 0.15) is 25.3 Å². The van der Waals surface area contributed by atoms with Gasteiger partial charge in [0.05, 0.1) is 0 Å². The number of nitrogens with zero attached hydrogens (tertiary/aromatic N) is 2. The summed E-state index contributed by atoms with van der Waals surface area (Å²) < 4.78 is 0. The Balaban J connectivity index is 1.54. The Morgan fingerprint density at radius 3 is 2.30 bits per heavy atom. The van der Waals surface area contributed by atoms with Crippen LogP contribution in [0.5, 0.6) is 0 Å². The van der Waals surface area contributed by atoms with E-state index >= 15 is 0 Å². The van der Waals surface area contributed by atoms with Gasteiger partial charge in [0.2, 0.25) is 0 Å². The second kappa shape index (κ2) is 5.84. The summed E-state index contributed by atoms with van der Waals surface area (Å²) in [4.78, 5) is 5.21. The Morgan fingerprint density at radius 1 is 1.10 bits per heavy atom. The van der Waals surface area contributed by atoms with Crippen molar-refractivity contribution in [1.29, 1.82) is 0 Å². The molecule has 0 aromatic heterocycles. The van der Waals surface area contributed by atoms with Crippen LogP contribution in [0.15, 0.2) is 30.3 Å². The topological polar surface area (TPSA) is 32.5 Å². The van der Waals surface area contributed by atoms with E-state index in [1.54, 1.807) is 0 Å². The van der Waals surface area contributed by atoms with Crippen LogP contribution in [0.3, 0.4) is 0 Å². The highest BCUT2D eigenvalue weighted by Gasteiger charge is 2.45. The first-order valence-corrected chi connectivity index (χ1v) is 7.94. The summed E-state index contributed by atoms with van der Waals surface area (Å²) in [6.07, 6.45) is 2.75. The van der Waals surface area contributed by atoms with Crippen LogP contribution in [0.2, 0.25) is 0 Å². The molecule has 2 aliphatic rings. The number of benzene rings is 1. The lowest BCUT2D eigenvalue weighted by atomic mass is 9.92. The molecule has 1 unspecified atom stereocenters. The van der Waals surface area contributed by atoms with Crippen LogP contribution in [0.4, 0.5) is 0 Å². The summed E-state index contributed by atoms with van der Waals surface area (Å²) >= 11 is 0. The molecule has 2 fully saturated rings. The van der Waals surface area contributed by atoms with E-state index in [0.29, 0.717) is 0 Å². The maximum atomic E-state index is 6.08. The van der Waals surface area contributed by atoms with Crippen molar-refractivity contribution in [2.75, 3.05) is 32.7 Å². The molecule has 0 spiro atoms. The van der Waals surface area contributed by atoms with Crippen LogP contribution in [0.25, 0.3) is 0 Å². The summed E-state index contributed by atoms with van der Waals surface area (Å²) in [6, 6.07) is 10.8. The minimum atomic E-state index is 0.249. The van der Waals surface area contributed by atoms with Gasteiger partial charge in [-0.2, -0.15) is 0 Å². The molecule has 1 aromatic carbocycles. The second-order valence-corrected chi connectivity index (χ2v) is 6.58. The summed E-state index contributed by atoms with van der Waals surface area (Å²) in [6.45, 7) is 8.91. The van der Waals surface area contributed by atoms with Crippen LogP contribution in [-0.2, 0) is 6.54 Å². The summed E-state index contributed by atoms with van der Waals surface area (Å²) in [5.74, 6) is 0.841. The van der Waals surface area contributed by atoms with Gasteiger partial charge in [-0.15, -0.1) is 0 Å². The molecule has 3 nitrogen and oxygen atoms in total. The fourth-order valence-electron chi connectivity index (χ4n) is 3.52. The zero-order valence-corrected chi connectivity index (χ0v) is 12.6. The highest BCUT2D eigenvalue weighted by molar-refractivity contribution is 5.14. The number of rotatable bonds is 5. The third-order valence-electron chi connectivity index (χ3n) is 5.21. The highest BCUT2D eigenvalue weighted by Crippen LogP contribution is 2.42. The SMILES string of the molecule is CC(CN)(C1CC1)N1CCN(Cc2ccccc2)CC1. The molecule has 1 heterocycles. The number of hydrogen-bond acceptors (Lipinski definition) is 3. The van der Waals surface area contributed by atoms with Gasteiger partial charge in [-0.1, -0.05) is 30.3 Å². The van der Waals surface area contributed by atoms with E-state index in [0.717, 1.165) is 45.2 Å². The zero-order chi connectivity index (χ0) is 14.0. The molecule has 3 heteroatoms. The van der Waals surface area contributed by atoms with E-state index in [4.69, 9.17) is 5.73 Å². The van der Waals surface area contributed by atoms with Gasteiger partial charge < -0.3 is 5.73 Å². The Bertz CT molecular complexity index is 421. The van der Waals surface area contributed by atoms with Crippen molar-refractivity contribution in [3.63, 3.8) is 0 Å². The van der Waals surface area contributed by atoms with E-state index in [9.17, 15) is 0 Å². The van der Waals surface area contributed by atoms with E-state index in [1.807, 2.05) is 0 Å². The second-order valence-electron chi connectivity index (χ2n) is 6.58. The molecular weight excluding hydrogens is 246 g/mol. The molecule has 1 aliphatic heterocycles. The fourth-order valence-corrected chi connectivity index (χ4v) is 3.52. The van der Waals surface area contributed by atoms with E-state index in [2.05, 4.69) is 47.1 Å². The van der Waals surface area contributed by atoms with Crippen molar-refractivity contribution in [3.8, 4) is 0 Å². The summed E-state index contributed by atoms with van der Waals surface area (Å²) in [5.41, 5.74) is 7.75. The smallest absolute Gasteiger partial charge is 0.0332 e. The van der Waals surface area contributed by atoms with Crippen molar-refractivity contribution < 1.29 is 0 Å². The minimum Gasteiger partial charge on any atom is -0.329 e. The van der Waals surface area contributed by atoms with Crippen molar-refractivity contribution in [2.45, 2.75) is 31.8 Å². The molecule has 2 N–H and O–H groups in total. The standard InChI is InChI=1S/C17H27N3/c1-17(14-18,16-7-8-16)20-11-9-19(10-12-20)13-15-5-3-2-4-6-15/h2-6,16H,7-14,18H2,1H3. The maximum absolute atomic E-state index is 6.08. The third kappa shape index (κ3) is 2.90.